The second-order valence-corrected chi connectivity index (χ2v) is 5.14. The van der Waals surface area contributed by atoms with Crippen LogP contribution < -0.4 is 11.2 Å². The summed E-state index contributed by atoms with van der Waals surface area (Å²) in [5, 5.41) is 2.55. The largest absolute Gasteiger partial charge is 0.444 e. The summed E-state index contributed by atoms with van der Waals surface area (Å²) in [7, 11) is 0. The molecule has 5 nitrogen and oxygen atoms in total. The van der Waals surface area contributed by atoms with Gasteiger partial charge < -0.3 is 4.74 Å². The van der Waals surface area contributed by atoms with E-state index in [0.29, 0.717) is 11.3 Å². The van der Waals surface area contributed by atoms with Crippen molar-refractivity contribution in [2.45, 2.75) is 39.4 Å². The minimum Gasteiger partial charge on any atom is -0.444 e. The number of nitrogens with one attached hydrogen (secondary N) is 1. The van der Waals surface area contributed by atoms with Crippen molar-refractivity contribution in [1.29, 1.82) is 0 Å². The van der Waals surface area contributed by atoms with E-state index >= 15 is 0 Å². The highest BCUT2D eigenvalue weighted by Gasteiger charge is 2.19. The standard InChI is InChI=1S/C13H19FN2O3/c1-8(19-15)10-7-9(14)5-6-11(10)16-12(17)18-13(2,3)4/h5-8H,15H2,1-4H3,(H,16,17). The van der Waals surface area contributed by atoms with Crippen molar-refractivity contribution >= 4 is 11.8 Å². The van der Waals surface area contributed by atoms with Gasteiger partial charge in [-0.25, -0.2) is 15.1 Å². The van der Waals surface area contributed by atoms with E-state index in [1.807, 2.05) is 0 Å². The lowest BCUT2D eigenvalue weighted by molar-refractivity contribution is 0.0624. The van der Waals surface area contributed by atoms with Gasteiger partial charge in [0.2, 0.25) is 0 Å². The van der Waals surface area contributed by atoms with Crippen LogP contribution in [-0.4, -0.2) is 11.7 Å². The molecule has 0 aliphatic carbocycles. The summed E-state index contributed by atoms with van der Waals surface area (Å²) in [6.07, 6.45) is -1.18. The van der Waals surface area contributed by atoms with Crippen LogP contribution in [0.4, 0.5) is 14.9 Å². The van der Waals surface area contributed by atoms with E-state index in [-0.39, 0.29) is 0 Å². The number of halogens is 1. The molecule has 0 saturated carbocycles. The van der Waals surface area contributed by atoms with Gasteiger partial charge in [-0.3, -0.25) is 10.2 Å². The second kappa shape index (κ2) is 5.99. The van der Waals surface area contributed by atoms with E-state index in [9.17, 15) is 9.18 Å². The van der Waals surface area contributed by atoms with Crippen molar-refractivity contribution in [1.82, 2.24) is 0 Å². The van der Waals surface area contributed by atoms with Gasteiger partial charge in [-0.1, -0.05) is 0 Å². The Morgan fingerprint density at radius 3 is 2.58 bits per heavy atom. The number of hydrogen-bond acceptors (Lipinski definition) is 4. The number of benzene rings is 1. The van der Waals surface area contributed by atoms with Crippen LogP contribution in [0.5, 0.6) is 0 Å². The van der Waals surface area contributed by atoms with Crippen molar-refractivity contribution in [3.8, 4) is 0 Å². The van der Waals surface area contributed by atoms with Crippen LogP contribution >= 0.6 is 0 Å². The SMILES string of the molecule is CC(ON)c1cc(F)ccc1NC(=O)OC(C)(C)C. The fourth-order valence-electron chi connectivity index (χ4n) is 1.47. The molecule has 106 valence electrons. The number of anilines is 1. The van der Waals surface area contributed by atoms with Crippen molar-refractivity contribution in [2.75, 3.05) is 5.32 Å². The molecule has 1 amide bonds. The molecular weight excluding hydrogens is 251 g/mol. The Labute approximate surface area is 111 Å². The van der Waals surface area contributed by atoms with Gasteiger partial charge >= 0.3 is 6.09 Å². The Bertz CT molecular complexity index is 458. The fraction of sp³-hybridized carbons (Fsp3) is 0.462. The topological polar surface area (TPSA) is 73.6 Å². The highest BCUT2D eigenvalue weighted by molar-refractivity contribution is 5.86. The van der Waals surface area contributed by atoms with E-state index in [4.69, 9.17) is 10.6 Å². The Kier molecular flexibility index (Phi) is 4.85. The monoisotopic (exact) mass is 270 g/mol. The van der Waals surface area contributed by atoms with Crippen LogP contribution in [0.1, 0.15) is 39.4 Å². The summed E-state index contributed by atoms with van der Waals surface area (Å²) in [6, 6.07) is 3.92. The number of hydrogen-bond donors (Lipinski definition) is 2. The molecule has 1 unspecified atom stereocenters. The van der Waals surface area contributed by atoms with E-state index in [1.54, 1.807) is 27.7 Å². The number of rotatable bonds is 3. The maximum Gasteiger partial charge on any atom is 0.412 e. The third-order valence-electron chi connectivity index (χ3n) is 2.29. The van der Waals surface area contributed by atoms with Crippen molar-refractivity contribution < 1.29 is 18.8 Å². The predicted molar refractivity (Wildman–Crippen MR) is 69.9 cm³/mol. The summed E-state index contributed by atoms with van der Waals surface area (Å²) in [5.41, 5.74) is 0.224. The molecule has 0 heterocycles. The lowest BCUT2D eigenvalue weighted by Crippen LogP contribution is -2.27. The van der Waals surface area contributed by atoms with Crippen LogP contribution in [0, 0.1) is 5.82 Å². The van der Waals surface area contributed by atoms with E-state index < -0.39 is 23.6 Å². The third-order valence-corrected chi connectivity index (χ3v) is 2.29. The molecule has 0 aromatic heterocycles. The first-order valence-electron chi connectivity index (χ1n) is 5.88. The van der Waals surface area contributed by atoms with Gasteiger partial charge in [-0.15, -0.1) is 0 Å². The average Bonchev–Trinajstić information content (AvgIpc) is 2.28. The first-order valence-corrected chi connectivity index (χ1v) is 5.88. The summed E-state index contributed by atoms with van der Waals surface area (Å²) in [5.74, 6) is 4.65. The Morgan fingerprint density at radius 2 is 2.05 bits per heavy atom. The minimum absolute atomic E-state index is 0.397. The molecule has 1 atom stereocenters. The molecule has 3 N–H and O–H groups in total. The Hall–Kier alpha value is -1.66. The minimum atomic E-state index is -0.621. The van der Waals surface area contributed by atoms with Gasteiger partial charge in [0.15, 0.2) is 0 Å². The quantitative estimate of drug-likeness (QED) is 0.827. The normalized spacial score (nSPS) is 12.9. The van der Waals surface area contributed by atoms with Gasteiger partial charge in [0.25, 0.3) is 0 Å². The molecule has 0 aliphatic rings. The Balaban J connectivity index is 2.91. The van der Waals surface area contributed by atoms with Gasteiger partial charge in [0.05, 0.1) is 5.69 Å². The molecular formula is C13H19FN2O3. The number of ether oxygens (including phenoxy) is 1. The van der Waals surface area contributed by atoms with Crippen LogP contribution in [0.15, 0.2) is 18.2 Å². The predicted octanol–water partition coefficient (Wildman–Crippen LogP) is 3.12. The average molecular weight is 270 g/mol. The second-order valence-electron chi connectivity index (χ2n) is 5.14. The van der Waals surface area contributed by atoms with Crippen molar-refractivity contribution in [3.63, 3.8) is 0 Å². The van der Waals surface area contributed by atoms with Crippen LogP contribution in [0.3, 0.4) is 0 Å². The Morgan fingerprint density at radius 1 is 1.42 bits per heavy atom. The fourth-order valence-corrected chi connectivity index (χ4v) is 1.47. The van der Waals surface area contributed by atoms with E-state index in [2.05, 4.69) is 10.2 Å². The zero-order valence-corrected chi connectivity index (χ0v) is 11.5. The molecule has 1 rings (SSSR count). The lowest BCUT2D eigenvalue weighted by Gasteiger charge is -2.21. The zero-order valence-electron chi connectivity index (χ0n) is 11.5. The molecule has 0 fully saturated rings. The van der Waals surface area contributed by atoms with Crippen molar-refractivity contribution in [3.05, 3.63) is 29.6 Å². The molecule has 19 heavy (non-hydrogen) atoms. The maximum atomic E-state index is 13.2. The highest BCUT2D eigenvalue weighted by Crippen LogP contribution is 2.26. The van der Waals surface area contributed by atoms with Gasteiger partial charge in [0.1, 0.15) is 17.5 Å². The smallest absolute Gasteiger partial charge is 0.412 e. The van der Waals surface area contributed by atoms with Crippen LogP contribution in [0.2, 0.25) is 0 Å². The first-order chi connectivity index (χ1) is 8.73. The highest BCUT2D eigenvalue weighted by atomic mass is 19.1. The molecule has 1 aromatic rings. The zero-order chi connectivity index (χ0) is 14.6. The number of amides is 1. The molecule has 1 aromatic carbocycles. The number of nitrogens with two attached hydrogens (primary N) is 1. The third kappa shape index (κ3) is 4.84. The van der Waals surface area contributed by atoms with Crippen LogP contribution in [0.25, 0.3) is 0 Å². The molecule has 6 heteroatoms. The molecule has 0 radical (unpaired) electrons. The number of carbonyl (C=O) groups is 1. The molecule has 0 aliphatic heterocycles. The van der Waals surface area contributed by atoms with Gasteiger partial charge in [0, 0.05) is 5.56 Å². The maximum absolute atomic E-state index is 13.2. The van der Waals surface area contributed by atoms with Gasteiger partial charge in [-0.05, 0) is 45.9 Å². The summed E-state index contributed by atoms with van der Waals surface area (Å²) < 4.78 is 18.3. The van der Waals surface area contributed by atoms with Crippen molar-refractivity contribution in [2.24, 2.45) is 5.90 Å². The van der Waals surface area contributed by atoms with E-state index in [0.717, 1.165) is 0 Å². The molecule has 0 saturated heterocycles. The van der Waals surface area contributed by atoms with Gasteiger partial charge in [-0.2, -0.15) is 0 Å². The summed E-state index contributed by atoms with van der Waals surface area (Å²) >= 11 is 0. The summed E-state index contributed by atoms with van der Waals surface area (Å²) in [6.45, 7) is 6.91. The molecule has 0 bridgehead atoms. The van der Waals surface area contributed by atoms with Crippen LogP contribution in [-0.2, 0) is 9.57 Å². The molecule has 0 spiro atoms. The number of carbonyl (C=O) groups excluding carboxylic acids is 1. The lowest BCUT2D eigenvalue weighted by atomic mass is 10.1. The van der Waals surface area contributed by atoms with E-state index in [1.165, 1.54) is 18.2 Å². The first kappa shape index (κ1) is 15.4. The summed E-state index contributed by atoms with van der Waals surface area (Å²) in [4.78, 5) is 16.3.